The van der Waals surface area contributed by atoms with Gasteiger partial charge in [0.2, 0.25) is 5.91 Å². The van der Waals surface area contributed by atoms with Crippen LogP contribution >= 0.6 is 11.8 Å². The summed E-state index contributed by atoms with van der Waals surface area (Å²) in [6.45, 7) is 0. The predicted octanol–water partition coefficient (Wildman–Crippen LogP) is 3.10. The molecule has 0 fully saturated rings. The molecule has 2 aromatic carbocycles. The van der Waals surface area contributed by atoms with E-state index in [-0.39, 0.29) is 16.7 Å². The molecular weight excluding hydrogens is 341 g/mol. The van der Waals surface area contributed by atoms with Crippen LogP contribution in [0.3, 0.4) is 0 Å². The maximum absolute atomic E-state index is 13.4. The second-order valence-electron chi connectivity index (χ2n) is 5.09. The van der Waals surface area contributed by atoms with E-state index < -0.39 is 11.4 Å². The van der Waals surface area contributed by atoms with Crippen LogP contribution in [0.25, 0.3) is 5.69 Å². The molecule has 5 nitrogen and oxygen atoms in total. The van der Waals surface area contributed by atoms with Crippen LogP contribution in [0, 0.1) is 5.82 Å². The van der Waals surface area contributed by atoms with Crippen molar-refractivity contribution in [1.29, 1.82) is 0 Å². The number of benzene rings is 2. The van der Waals surface area contributed by atoms with Crippen LogP contribution in [0.15, 0.2) is 76.8 Å². The van der Waals surface area contributed by atoms with E-state index in [1.54, 1.807) is 18.2 Å². The molecule has 0 radical (unpaired) electrons. The van der Waals surface area contributed by atoms with Crippen molar-refractivity contribution in [3.8, 4) is 5.69 Å². The Morgan fingerprint density at radius 3 is 2.72 bits per heavy atom. The summed E-state index contributed by atoms with van der Waals surface area (Å²) < 4.78 is 14.7. The van der Waals surface area contributed by atoms with Gasteiger partial charge in [0, 0.05) is 18.1 Å². The van der Waals surface area contributed by atoms with Crippen molar-refractivity contribution in [3.05, 3.63) is 83.2 Å². The molecule has 7 heteroatoms. The number of para-hydroxylation sites is 1. The monoisotopic (exact) mass is 355 g/mol. The number of nitrogens with zero attached hydrogens (tertiary/aromatic N) is 2. The van der Waals surface area contributed by atoms with Crippen LogP contribution < -0.4 is 10.9 Å². The van der Waals surface area contributed by atoms with Gasteiger partial charge in [0.1, 0.15) is 5.82 Å². The maximum Gasteiger partial charge on any atom is 0.287 e. The molecule has 0 aliphatic rings. The van der Waals surface area contributed by atoms with E-state index in [1.165, 1.54) is 35.2 Å². The molecule has 1 heterocycles. The number of carbonyl (C=O) groups excluding carboxylic acids is 1. The summed E-state index contributed by atoms with van der Waals surface area (Å²) in [6.07, 6.45) is 2.91. The van der Waals surface area contributed by atoms with Crippen LogP contribution in [-0.4, -0.2) is 21.2 Å². The Morgan fingerprint density at radius 2 is 1.96 bits per heavy atom. The summed E-state index contributed by atoms with van der Waals surface area (Å²) in [5, 5.41) is 2.92. The zero-order chi connectivity index (χ0) is 17.6. The van der Waals surface area contributed by atoms with Gasteiger partial charge >= 0.3 is 0 Å². The Hall–Kier alpha value is -2.93. The average Bonchev–Trinajstić information content (AvgIpc) is 2.62. The van der Waals surface area contributed by atoms with Crippen LogP contribution in [-0.2, 0) is 4.79 Å². The number of nitrogens with one attached hydrogen (secondary N) is 1. The molecule has 0 saturated heterocycles. The first-order valence-electron chi connectivity index (χ1n) is 7.45. The van der Waals surface area contributed by atoms with E-state index in [2.05, 4.69) is 10.3 Å². The molecule has 0 aliphatic heterocycles. The molecule has 0 atom stereocenters. The fourth-order valence-electron chi connectivity index (χ4n) is 2.17. The predicted molar refractivity (Wildman–Crippen MR) is 95.6 cm³/mol. The fraction of sp³-hybridized carbons (Fsp3) is 0.0556. The van der Waals surface area contributed by atoms with Crippen LogP contribution in [0.4, 0.5) is 10.1 Å². The lowest BCUT2D eigenvalue weighted by molar-refractivity contribution is -0.113. The molecule has 3 aromatic rings. The highest BCUT2D eigenvalue weighted by Crippen LogP contribution is 2.14. The van der Waals surface area contributed by atoms with E-state index in [9.17, 15) is 14.0 Å². The second-order valence-corrected chi connectivity index (χ2v) is 6.05. The summed E-state index contributed by atoms with van der Waals surface area (Å²) in [5.74, 6) is -0.624. The number of halogens is 1. The zero-order valence-corrected chi connectivity index (χ0v) is 13.9. The highest BCUT2D eigenvalue weighted by Gasteiger charge is 2.10. The van der Waals surface area contributed by atoms with Gasteiger partial charge in [-0.3, -0.25) is 14.2 Å². The van der Waals surface area contributed by atoms with Crippen LogP contribution in [0.1, 0.15) is 0 Å². The third-order valence-electron chi connectivity index (χ3n) is 3.29. The van der Waals surface area contributed by atoms with Crippen molar-refractivity contribution >= 4 is 23.4 Å². The Labute approximate surface area is 147 Å². The summed E-state index contributed by atoms with van der Waals surface area (Å²) in [6, 6.07) is 14.8. The Balaban J connectivity index is 1.72. The molecule has 0 spiro atoms. The topological polar surface area (TPSA) is 64.0 Å². The molecule has 0 unspecified atom stereocenters. The van der Waals surface area contributed by atoms with Gasteiger partial charge in [-0.2, -0.15) is 0 Å². The molecule has 0 aliphatic carbocycles. The fourth-order valence-corrected chi connectivity index (χ4v) is 2.87. The summed E-state index contributed by atoms with van der Waals surface area (Å²) in [5.41, 5.74) is 0.694. The molecule has 0 bridgehead atoms. The van der Waals surface area contributed by atoms with E-state index in [0.29, 0.717) is 11.4 Å². The van der Waals surface area contributed by atoms with Crippen molar-refractivity contribution in [1.82, 2.24) is 9.55 Å². The Bertz CT molecular complexity index is 944. The first-order valence-corrected chi connectivity index (χ1v) is 8.43. The number of amides is 1. The van der Waals surface area contributed by atoms with Gasteiger partial charge in [-0.25, -0.2) is 9.37 Å². The van der Waals surface area contributed by atoms with E-state index in [4.69, 9.17) is 0 Å². The van der Waals surface area contributed by atoms with Crippen molar-refractivity contribution in [2.45, 2.75) is 5.03 Å². The SMILES string of the molecule is O=C(CSc1nccn(-c2cccc(F)c2)c1=O)Nc1ccccc1. The molecule has 126 valence electrons. The summed E-state index contributed by atoms with van der Waals surface area (Å²) >= 11 is 1.04. The highest BCUT2D eigenvalue weighted by molar-refractivity contribution is 7.99. The normalized spacial score (nSPS) is 10.4. The Morgan fingerprint density at radius 1 is 1.16 bits per heavy atom. The van der Waals surface area contributed by atoms with Crippen LogP contribution in [0.2, 0.25) is 0 Å². The van der Waals surface area contributed by atoms with Crippen LogP contribution in [0.5, 0.6) is 0 Å². The molecule has 1 N–H and O–H groups in total. The van der Waals surface area contributed by atoms with Gasteiger partial charge < -0.3 is 5.32 Å². The lowest BCUT2D eigenvalue weighted by atomic mass is 10.3. The molecule has 1 amide bonds. The summed E-state index contributed by atoms with van der Waals surface area (Å²) in [7, 11) is 0. The third kappa shape index (κ3) is 4.33. The zero-order valence-electron chi connectivity index (χ0n) is 13.1. The minimum absolute atomic E-state index is 0.0459. The number of hydrogen-bond acceptors (Lipinski definition) is 4. The van der Waals surface area contributed by atoms with Crippen molar-refractivity contribution in [2.24, 2.45) is 0 Å². The van der Waals surface area contributed by atoms with Gasteiger partial charge in [-0.1, -0.05) is 36.0 Å². The van der Waals surface area contributed by atoms with Gasteiger partial charge in [-0.05, 0) is 30.3 Å². The maximum atomic E-state index is 13.4. The van der Waals surface area contributed by atoms with Gasteiger partial charge in [0.05, 0.1) is 11.4 Å². The quantitative estimate of drug-likeness (QED) is 0.715. The van der Waals surface area contributed by atoms with Gasteiger partial charge in [0.15, 0.2) is 5.03 Å². The smallest absolute Gasteiger partial charge is 0.287 e. The van der Waals surface area contributed by atoms with Gasteiger partial charge in [-0.15, -0.1) is 0 Å². The van der Waals surface area contributed by atoms with Crippen molar-refractivity contribution in [3.63, 3.8) is 0 Å². The van der Waals surface area contributed by atoms with Crippen molar-refractivity contribution < 1.29 is 9.18 Å². The number of aromatic nitrogens is 2. The number of carbonyl (C=O) groups is 1. The molecule has 0 saturated carbocycles. The minimum atomic E-state index is -0.433. The minimum Gasteiger partial charge on any atom is -0.325 e. The standard InChI is InChI=1S/C18H14FN3O2S/c19-13-5-4-8-15(11-13)22-10-9-20-17(18(22)24)25-12-16(23)21-14-6-2-1-3-7-14/h1-11H,12H2,(H,21,23). The third-order valence-corrected chi connectivity index (χ3v) is 4.25. The number of hydrogen-bond donors (Lipinski definition) is 1. The van der Waals surface area contributed by atoms with E-state index >= 15 is 0 Å². The number of thioether (sulfide) groups is 1. The van der Waals surface area contributed by atoms with Gasteiger partial charge in [0.25, 0.3) is 5.56 Å². The average molecular weight is 355 g/mol. The molecule has 25 heavy (non-hydrogen) atoms. The molecular formula is C18H14FN3O2S. The van der Waals surface area contributed by atoms with E-state index in [1.807, 2.05) is 18.2 Å². The van der Waals surface area contributed by atoms with Crippen molar-refractivity contribution in [2.75, 3.05) is 11.1 Å². The number of anilines is 1. The molecule has 3 rings (SSSR count). The Kier molecular flexibility index (Phi) is 5.25. The highest BCUT2D eigenvalue weighted by atomic mass is 32.2. The first-order chi connectivity index (χ1) is 12.1. The largest absolute Gasteiger partial charge is 0.325 e. The summed E-state index contributed by atoms with van der Waals surface area (Å²) in [4.78, 5) is 28.5. The lowest BCUT2D eigenvalue weighted by Crippen LogP contribution is -2.22. The van der Waals surface area contributed by atoms with E-state index in [0.717, 1.165) is 11.8 Å². The lowest BCUT2D eigenvalue weighted by Gasteiger charge is -2.08. The molecule has 1 aromatic heterocycles. The first kappa shape index (κ1) is 16.9. The second kappa shape index (κ2) is 7.76. The number of rotatable bonds is 5.